The van der Waals surface area contributed by atoms with Crippen LogP contribution in [0.5, 0.6) is 17.2 Å². The molecule has 1 N–H and O–H groups in total. The number of phenolic OH excluding ortho intramolecular Hbond substituents is 1. The zero-order valence-electron chi connectivity index (χ0n) is 26.7. The van der Waals surface area contributed by atoms with Crippen molar-refractivity contribution in [3.8, 4) is 17.2 Å². The van der Waals surface area contributed by atoms with Crippen molar-refractivity contribution in [2.45, 2.75) is 60.0 Å². The van der Waals surface area contributed by atoms with Gasteiger partial charge in [-0.25, -0.2) is 4.68 Å². The van der Waals surface area contributed by atoms with Crippen molar-refractivity contribution in [3.63, 3.8) is 0 Å². The number of amides is 1. The second-order valence-corrected chi connectivity index (χ2v) is 11.8. The lowest BCUT2D eigenvalue weighted by Gasteiger charge is -2.23. The van der Waals surface area contributed by atoms with Crippen LogP contribution in [0.15, 0.2) is 90.3 Å². The number of methoxy groups -OCH3 is 1. The summed E-state index contributed by atoms with van der Waals surface area (Å²) in [6.45, 7) is 9.33. The van der Waals surface area contributed by atoms with E-state index >= 15 is 0 Å². The minimum atomic E-state index is -0.341. The van der Waals surface area contributed by atoms with Crippen LogP contribution in [0.1, 0.15) is 68.6 Å². The molecule has 9 nitrogen and oxygen atoms in total. The highest BCUT2D eigenvalue weighted by atomic mass is 16.5. The van der Waals surface area contributed by atoms with Gasteiger partial charge in [-0.2, -0.15) is 0 Å². The van der Waals surface area contributed by atoms with Gasteiger partial charge in [0.25, 0.3) is 5.91 Å². The topological polar surface area (TPSA) is 107 Å². The normalized spacial score (nSPS) is 18.7. The highest BCUT2D eigenvalue weighted by Crippen LogP contribution is 2.27. The lowest BCUT2D eigenvalue weighted by molar-refractivity contribution is -0.124. The van der Waals surface area contributed by atoms with E-state index < -0.39 is 0 Å². The Morgan fingerprint density at radius 2 is 1.93 bits per heavy atom. The minimum absolute atomic E-state index is 0.0898. The van der Waals surface area contributed by atoms with Gasteiger partial charge in [0.2, 0.25) is 0 Å². The summed E-state index contributed by atoms with van der Waals surface area (Å²) in [5.74, 6) is 0.467. The van der Waals surface area contributed by atoms with Crippen LogP contribution in [0.4, 0.5) is 0 Å². The number of phenols is 1. The van der Waals surface area contributed by atoms with E-state index in [-0.39, 0.29) is 35.0 Å². The molecule has 0 radical (unpaired) electrons. The summed E-state index contributed by atoms with van der Waals surface area (Å²) in [6.07, 6.45) is 15.5. The van der Waals surface area contributed by atoms with Crippen molar-refractivity contribution in [2.75, 3.05) is 13.7 Å². The molecule has 2 heterocycles. The molecule has 2 aromatic carbocycles. The molecule has 9 heteroatoms. The third kappa shape index (κ3) is 9.53. The Hall–Kier alpha value is -4.92. The largest absolute Gasteiger partial charge is 0.507 e. The molecule has 1 aliphatic rings. The van der Waals surface area contributed by atoms with Crippen molar-refractivity contribution in [2.24, 2.45) is 5.41 Å². The van der Waals surface area contributed by atoms with E-state index in [1.54, 1.807) is 41.1 Å². The number of carbonyl (C=O) groups excluding carboxylic acids is 2. The molecule has 0 fully saturated rings. The van der Waals surface area contributed by atoms with Gasteiger partial charge in [0, 0.05) is 23.4 Å². The van der Waals surface area contributed by atoms with Crippen LogP contribution in [-0.2, 0) is 17.9 Å². The summed E-state index contributed by atoms with van der Waals surface area (Å²) < 4.78 is 12.8. The van der Waals surface area contributed by atoms with Crippen molar-refractivity contribution in [1.29, 1.82) is 0 Å². The molecular formula is C36H42N4O5. The number of ketones is 1. The number of benzene rings is 2. The number of para-hydroxylation sites is 1. The fourth-order valence-corrected chi connectivity index (χ4v) is 4.80. The predicted octanol–water partition coefficient (Wildman–Crippen LogP) is 6.91. The smallest absolute Gasteiger partial charge is 0.250 e. The average Bonchev–Trinajstić information content (AvgIpc) is 3.47. The first-order valence-corrected chi connectivity index (χ1v) is 15.1. The highest BCUT2D eigenvalue weighted by Gasteiger charge is 2.19. The van der Waals surface area contributed by atoms with Crippen LogP contribution in [0.2, 0.25) is 0 Å². The number of carbonyl (C=O) groups is 2. The van der Waals surface area contributed by atoms with E-state index in [0.29, 0.717) is 30.3 Å². The summed E-state index contributed by atoms with van der Waals surface area (Å²) in [4.78, 5) is 27.6. The quantitative estimate of drug-likeness (QED) is 0.151. The van der Waals surface area contributed by atoms with Crippen molar-refractivity contribution in [1.82, 2.24) is 19.9 Å². The maximum Gasteiger partial charge on any atom is 0.250 e. The van der Waals surface area contributed by atoms with Crippen LogP contribution in [-0.4, -0.2) is 50.4 Å². The third-order valence-corrected chi connectivity index (χ3v) is 7.61. The first kappa shape index (κ1) is 33.0. The molecular weight excluding hydrogens is 568 g/mol. The Labute approximate surface area is 265 Å². The molecule has 0 aliphatic carbocycles. The molecule has 0 saturated heterocycles. The number of ether oxygens (including phenoxy) is 2. The van der Waals surface area contributed by atoms with Gasteiger partial charge in [-0.05, 0) is 68.9 Å². The molecule has 4 rings (SSSR count). The second-order valence-electron chi connectivity index (χ2n) is 11.8. The molecule has 3 aromatic rings. The lowest BCUT2D eigenvalue weighted by Crippen LogP contribution is -2.28. The maximum atomic E-state index is 13.2. The fourth-order valence-electron chi connectivity index (χ4n) is 4.80. The summed E-state index contributed by atoms with van der Waals surface area (Å²) in [6, 6.07) is 11.9. The molecule has 1 aromatic heterocycles. The first-order chi connectivity index (χ1) is 21.5. The summed E-state index contributed by atoms with van der Waals surface area (Å²) in [5, 5.41) is 19.0. The molecule has 1 amide bonds. The molecule has 45 heavy (non-hydrogen) atoms. The Kier molecular flexibility index (Phi) is 11.1. The van der Waals surface area contributed by atoms with Gasteiger partial charge < -0.3 is 19.5 Å². The molecule has 236 valence electrons. The molecule has 0 bridgehead atoms. The Morgan fingerprint density at radius 1 is 1.13 bits per heavy atom. The first-order valence-electron chi connectivity index (χ1n) is 15.1. The third-order valence-electron chi connectivity index (χ3n) is 7.61. The number of aromatic hydroxyl groups is 1. The van der Waals surface area contributed by atoms with Crippen molar-refractivity contribution < 1.29 is 24.2 Å². The van der Waals surface area contributed by atoms with Gasteiger partial charge in [0.1, 0.15) is 29.5 Å². The summed E-state index contributed by atoms with van der Waals surface area (Å²) >= 11 is 0. The van der Waals surface area contributed by atoms with E-state index in [1.165, 1.54) is 23.8 Å². The summed E-state index contributed by atoms with van der Waals surface area (Å²) in [7, 11) is 1.57. The van der Waals surface area contributed by atoms with Crippen LogP contribution >= 0.6 is 0 Å². The number of hydrogen-bond acceptors (Lipinski definition) is 7. The van der Waals surface area contributed by atoms with E-state index in [2.05, 4.69) is 43.2 Å². The van der Waals surface area contributed by atoms with Gasteiger partial charge in [0.15, 0.2) is 5.78 Å². The SMILES string of the molecule is COc1ccccc1/C=C/C(=O)c1ccc(OCCn2cc(CN3C(=O)/C=C/C(C)(C)C/C=C(\C)CC/C=C/3C)nn2)cc1O. The van der Waals surface area contributed by atoms with Crippen LogP contribution < -0.4 is 9.47 Å². The van der Waals surface area contributed by atoms with Crippen LogP contribution in [0.25, 0.3) is 6.08 Å². The van der Waals surface area contributed by atoms with E-state index in [9.17, 15) is 14.7 Å². The van der Waals surface area contributed by atoms with Crippen LogP contribution in [0, 0.1) is 5.41 Å². The molecule has 0 saturated carbocycles. The van der Waals surface area contributed by atoms with Gasteiger partial charge >= 0.3 is 0 Å². The zero-order chi connectivity index (χ0) is 32.4. The van der Waals surface area contributed by atoms with Crippen LogP contribution in [0.3, 0.4) is 0 Å². The Morgan fingerprint density at radius 3 is 2.71 bits per heavy atom. The second kappa shape index (κ2) is 15.2. The standard InChI is InChI=1S/C36H42N4O5/c1-26-9-8-10-27(2)40(35(43)18-20-36(3,4)19-17-26)25-29-24-39(38-37-29)21-22-45-30-14-15-31(33(42)23-30)32(41)16-13-28-11-6-7-12-34(28)44-5/h6-7,10-18,20,23-24,42H,8-9,19,21-22,25H2,1-5H3/b16-13+,20-18+,26-17+,27-10+. The highest BCUT2D eigenvalue weighted by molar-refractivity contribution is 6.08. The zero-order valence-corrected chi connectivity index (χ0v) is 26.7. The molecule has 0 unspecified atom stereocenters. The summed E-state index contributed by atoms with van der Waals surface area (Å²) in [5.41, 5.74) is 3.69. The van der Waals surface area contributed by atoms with Gasteiger partial charge in [-0.1, -0.05) is 61.1 Å². The predicted molar refractivity (Wildman–Crippen MR) is 175 cm³/mol. The number of nitrogens with zero attached hydrogens (tertiary/aromatic N) is 4. The van der Waals surface area contributed by atoms with Crippen molar-refractivity contribution in [3.05, 3.63) is 107 Å². The van der Waals surface area contributed by atoms with Gasteiger partial charge in [-0.15, -0.1) is 5.10 Å². The van der Waals surface area contributed by atoms with E-state index in [4.69, 9.17) is 9.47 Å². The Bertz CT molecular complexity index is 1630. The number of rotatable bonds is 10. The maximum absolute atomic E-state index is 13.2. The number of aromatic nitrogens is 3. The molecule has 1 aliphatic heterocycles. The average molecular weight is 611 g/mol. The molecule has 0 spiro atoms. The molecule has 0 atom stereocenters. The fraction of sp³-hybridized carbons (Fsp3) is 0.333. The number of allylic oxidation sites excluding steroid dienone is 6. The van der Waals surface area contributed by atoms with Crippen molar-refractivity contribution >= 4 is 17.8 Å². The monoisotopic (exact) mass is 610 g/mol. The van der Waals surface area contributed by atoms with E-state index in [1.807, 2.05) is 37.3 Å². The van der Waals surface area contributed by atoms with E-state index in [0.717, 1.165) is 30.5 Å². The number of hydrogen-bond donors (Lipinski definition) is 1. The van der Waals surface area contributed by atoms with Gasteiger partial charge in [0.05, 0.1) is 32.0 Å². The van der Waals surface area contributed by atoms with Gasteiger partial charge in [-0.3, -0.25) is 9.59 Å². The minimum Gasteiger partial charge on any atom is -0.507 e. The Balaban J connectivity index is 1.34. The lowest BCUT2D eigenvalue weighted by atomic mass is 9.87.